The van der Waals surface area contributed by atoms with Crippen molar-refractivity contribution in [2.75, 3.05) is 5.01 Å². The molecule has 0 atom stereocenters. The molecule has 8 heteroatoms. The van der Waals surface area contributed by atoms with Gasteiger partial charge in [0.25, 0.3) is 11.5 Å². The highest BCUT2D eigenvalue weighted by Crippen LogP contribution is 2.25. The molecule has 128 valence electrons. The largest absolute Gasteiger partial charge is 0.494 e. The van der Waals surface area contributed by atoms with Crippen LogP contribution in [-0.4, -0.2) is 26.3 Å². The van der Waals surface area contributed by atoms with Crippen molar-refractivity contribution in [2.24, 2.45) is 12.1 Å². The molecule has 2 aromatic rings. The Morgan fingerprint density at radius 2 is 1.76 bits per heavy atom. The summed E-state index contributed by atoms with van der Waals surface area (Å²) in [7, 11) is 1.31. The van der Waals surface area contributed by atoms with Crippen molar-refractivity contribution < 1.29 is 9.90 Å². The zero-order valence-corrected chi connectivity index (χ0v) is 13.9. The summed E-state index contributed by atoms with van der Waals surface area (Å²) in [4.78, 5) is 38.2. The van der Waals surface area contributed by atoms with Crippen LogP contribution in [0.1, 0.15) is 18.1 Å². The van der Waals surface area contributed by atoms with Gasteiger partial charge in [0.05, 0.1) is 17.0 Å². The van der Waals surface area contributed by atoms with Gasteiger partial charge in [-0.2, -0.15) is 10.1 Å². The number of anilines is 1. The molecule has 0 saturated heterocycles. The summed E-state index contributed by atoms with van der Waals surface area (Å²) in [5.41, 5.74) is 0.519. The Morgan fingerprint density at radius 1 is 1.12 bits per heavy atom. The maximum Gasteiger partial charge on any atom is 0.330 e. The first-order chi connectivity index (χ1) is 11.8. The first-order valence-electron chi connectivity index (χ1n) is 7.50. The number of rotatable bonds is 2. The Hall–Kier alpha value is -3.42. The van der Waals surface area contributed by atoms with Crippen LogP contribution in [0.25, 0.3) is 6.08 Å². The maximum absolute atomic E-state index is 12.7. The van der Waals surface area contributed by atoms with Gasteiger partial charge < -0.3 is 5.11 Å². The fourth-order valence-electron chi connectivity index (χ4n) is 2.45. The van der Waals surface area contributed by atoms with Gasteiger partial charge in [0.2, 0.25) is 5.88 Å². The number of hydrazone groups is 1. The monoisotopic (exact) mass is 340 g/mol. The third kappa shape index (κ3) is 2.78. The van der Waals surface area contributed by atoms with Gasteiger partial charge >= 0.3 is 5.69 Å². The SMILES string of the molecule is CC1=NN(c2ccc(C)cc2)C(=O)C1=Cc1c(O)n(C)c(=O)[nH]c1=O. The second-order valence-electron chi connectivity index (χ2n) is 5.75. The fourth-order valence-corrected chi connectivity index (χ4v) is 2.45. The van der Waals surface area contributed by atoms with Gasteiger partial charge in [-0.1, -0.05) is 17.7 Å². The summed E-state index contributed by atoms with van der Waals surface area (Å²) in [5, 5.41) is 15.5. The van der Waals surface area contributed by atoms with Crippen LogP contribution in [0.15, 0.2) is 44.5 Å². The van der Waals surface area contributed by atoms with Crippen molar-refractivity contribution in [3.63, 3.8) is 0 Å². The van der Waals surface area contributed by atoms with E-state index in [2.05, 4.69) is 10.1 Å². The van der Waals surface area contributed by atoms with Crippen LogP contribution in [0.5, 0.6) is 5.88 Å². The van der Waals surface area contributed by atoms with E-state index in [9.17, 15) is 19.5 Å². The number of aromatic amines is 1. The number of aromatic nitrogens is 2. The van der Waals surface area contributed by atoms with Gasteiger partial charge in [-0.15, -0.1) is 0 Å². The molecule has 0 unspecified atom stereocenters. The molecule has 0 aliphatic carbocycles. The second-order valence-corrected chi connectivity index (χ2v) is 5.75. The number of aromatic hydroxyl groups is 1. The Bertz CT molecular complexity index is 1040. The van der Waals surface area contributed by atoms with E-state index in [4.69, 9.17) is 0 Å². The Labute approximate surface area is 142 Å². The van der Waals surface area contributed by atoms with E-state index in [0.717, 1.165) is 10.1 Å². The minimum absolute atomic E-state index is 0.167. The van der Waals surface area contributed by atoms with Crippen LogP contribution in [0.4, 0.5) is 5.69 Å². The van der Waals surface area contributed by atoms with Crippen LogP contribution in [0, 0.1) is 6.92 Å². The minimum atomic E-state index is -0.775. The molecule has 0 saturated carbocycles. The smallest absolute Gasteiger partial charge is 0.330 e. The van der Waals surface area contributed by atoms with Crippen LogP contribution in [0.2, 0.25) is 0 Å². The number of hydrogen-bond acceptors (Lipinski definition) is 5. The van der Waals surface area contributed by atoms with Crippen molar-refractivity contribution in [2.45, 2.75) is 13.8 Å². The molecule has 2 N–H and O–H groups in total. The number of carbonyl (C=O) groups excluding carboxylic acids is 1. The standard InChI is InChI=1S/C17H16N4O4/c1-9-4-6-11(7-5-9)21-16(24)12(10(2)19-21)8-13-14(22)18-17(25)20(3)15(13)23/h4-8,23H,1-3H3,(H,18,22,25). The fraction of sp³-hybridized carbons (Fsp3) is 0.176. The molecule has 25 heavy (non-hydrogen) atoms. The average molecular weight is 340 g/mol. The van der Waals surface area contributed by atoms with E-state index in [1.807, 2.05) is 19.1 Å². The van der Waals surface area contributed by atoms with Gasteiger partial charge in [0, 0.05) is 7.05 Å². The number of nitrogens with zero attached hydrogens (tertiary/aromatic N) is 3. The van der Waals surface area contributed by atoms with Crippen molar-refractivity contribution in [1.29, 1.82) is 0 Å². The molecule has 0 radical (unpaired) electrons. The highest BCUT2D eigenvalue weighted by Gasteiger charge is 2.29. The van der Waals surface area contributed by atoms with Crippen molar-refractivity contribution >= 4 is 23.4 Å². The summed E-state index contributed by atoms with van der Waals surface area (Å²) in [6.07, 6.45) is 1.24. The highest BCUT2D eigenvalue weighted by molar-refractivity contribution is 6.32. The van der Waals surface area contributed by atoms with Crippen LogP contribution >= 0.6 is 0 Å². The maximum atomic E-state index is 12.7. The third-order valence-electron chi connectivity index (χ3n) is 3.96. The number of amides is 1. The Balaban J connectivity index is 2.07. The first-order valence-corrected chi connectivity index (χ1v) is 7.50. The first kappa shape index (κ1) is 16.4. The van der Waals surface area contributed by atoms with Crippen molar-refractivity contribution in [3.05, 3.63) is 61.8 Å². The lowest BCUT2D eigenvalue weighted by Crippen LogP contribution is -2.30. The van der Waals surface area contributed by atoms with Gasteiger partial charge in [0.1, 0.15) is 5.56 Å². The van der Waals surface area contributed by atoms with E-state index in [1.54, 1.807) is 19.1 Å². The highest BCUT2D eigenvalue weighted by atomic mass is 16.3. The normalized spacial score (nSPS) is 15.8. The summed E-state index contributed by atoms with van der Waals surface area (Å²) in [5.74, 6) is -0.940. The van der Waals surface area contributed by atoms with E-state index >= 15 is 0 Å². The lowest BCUT2D eigenvalue weighted by molar-refractivity contribution is -0.114. The Morgan fingerprint density at radius 3 is 2.40 bits per heavy atom. The molecule has 0 spiro atoms. The van der Waals surface area contributed by atoms with E-state index < -0.39 is 23.0 Å². The second kappa shape index (κ2) is 5.90. The minimum Gasteiger partial charge on any atom is -0.494 e. The van der Waals surface area contributed by atoms with E-state index in [0.29, 0.717) is 11.4 Å². The molecule has 0 fully saturated rings. The van der Waals surface area contributed by atoms with Crippen LogP contribution in [0.3, 0.4) is 0 Å². The number of aryl methyl sites for hydroxylation is 1. The number of hydrogen-bond donors (Lipinski definition) is 2. The molecular weight excluding hydrogens is 324 g/mol. The summed E-state index contributed by atoms with van der Waals surface area (Å²) < 4.78 is 0.886. The molecule has 2 heterocycles. The van der Waals surface area contributed by atoms with Gasteiger partial charge in [-0.05, 0) is 32.1 Å². The molecule has 8 nitrogen and oxygen atoms in total. The molecule has 3 rings (SSSR count). The zero-order valence-electron chi connectivity index (χ0n) is 13.9. The number of H-pyrrole nitrogens is 1. The molecule has 1 aliphatic heterocycles. The molecule has 1 aromatic heterocycles. The van der Waals surface area contributed by atoms with Crippen LogP contribution < -0.4 is 16.3 Å². The molecule has 1 amide bonds. The van der Waals surface area contributed by atoms with Crippen molar-refractivity contribution in [1.82, 2.24) is 9.55 Å². The molecule has 1 aliphatic rings. The van der Waals surface area contributed by atoms with E-state index in [-0.39, 0.29) is 11.1 Å². The molecule has 0 bridgehead atoms. The van der Waals surface area contributed by atoms with Gasteiger partial charge in [0.15, 0.2) is 0 Å². The van der Waals surface area contributed by atoms with E-state index in [1.165, 1.54) is 18.1 Å². The Kier molecular flexibility index (Phi) is 3.88. The third-order valence-corrected chi connectivity index (χ3v) is 3.96. The quantitative estimate of drug-likeness (QED) is 0.792. The predicted octanol–water partition coefficient (Wildman–Crippen LogP) is 0.894. The van der Waals surface area contributed by atoms with Gasteiger partial charge in [-0.25, -0.2) is 4.79 Å². The average Bonchev–Trinajstić information content (AvgIpc) is 2.85. The van der Waals surface area contributed by atoms with Gasteiger partial charge in [-0.3, -0.25) is 19.1 Å². The molecular formula is C17H16N4O4. The lowest BCUT2D eigenvalue weighted by atomic mass is 10.1. The zero-order chi connectivity index (χ0) is 18.3. The summed E-state index contributed by atoms with van der Waals surface area (Å²) >= 11 is 0. The number of benzene rings is 1. The number of nitrogens with one attached hydrogen (secondary N) is 1. The van der Waals surface area contributed by atoms with Crippen LogP contribution in [-0.2, 0) is 11.8 Å². The molecule has 1 aromatic carbocycles. The predicted molar refractivity (Wildman–Crippen MR) is 93.7 cm³/mol. The van der Waals surface area contributed by atoms with Crippen molar-refractivity contribution in [3.8, 4) is 5.88 Å². The number of carbonyl (C=O) groups is 1. The lowest BCUT2D eigenvalue weighted by Gasteiger charge is -2.11. The summed E-state index contributed by atoms with van der Waals surface area (Å²) in [6.45, 7) is 3.56. The summed E-state index contributed by atoms with van der Waals surface area (Å²) in [6, 6.07) is 7.25. The topological polar surface area (TPSA) is 108 Å².